The summed E-state index contributed by atoms with van der Waals surface area (Å²) in [7, 11) is -4.31. The zero-order valence-electron chi connectivity index (χ0n) is 17.1. The number of rotatable bonds is 18. The standard InChI is InChI=1S/C18H36NO8P/c1-3-5-6-7-8-9-10-11-18(21)27-16(14-24-17(20)4-2)15-26-28(22,23)25-13-12-19/h16H,3-15,19H2,1-2H3,(H,22,23). The largest absolute Gasteiger partial charge is 0.472 e. The van der Waals surface area contributed by atoms with Crippen molar-refractivity contribution in [2.45, 2.75) is 77.7 Å². The molecule has 9 nitrogen and oxygen atoms in total. The Balaban J connectivity index is 4.33. The highest BCUT2D eigenvalue weighted by Crippen LogP contribution is 2.43. The van der Waals surface area contributed by atoms with Crippen LogP contribution in [0.5, 0.6) is 0 Å². The van der Waals surface area contributed by atoms with Crippen molar-refractivity contribution >= 4 is 19.8 Å². The Bertz CT molecular complexity index is 475. The summed E-state index contributed by atoms with van der Waals surface area (Å²) in [6, 6.07) is 0. The van der Waals surface area contributed by atoms with Crippen molar-refractivity contribution in [3.8, 4) is 0 Å². The average molecular weight is 425 g/mol. The van der Waals surface area contributed by atoms with Crippen LogP contribution in [-0.2, 0) is 32.7 Å². The van der Waals surface area contributed by atoms with Gasteiger partial charge in [0.05, 0.1) is 13.2 Å². The summed E-state index contributed by atoms with van der Waals surface area (Å²) in [5.74, 6) is -0.940. The van der Waals surface area contributed by atoms with Gasteiger partial charge < -0.3 is 20.1 Å². The highest BCUT2D eigenvalue weighted by Gasteiger charge is 2.25. The monoisotopic (exact) mass is 425 g/mol. The van der Waals surface area contributed by atoms with E-state index in [0.717, 1.165) is 19.3 Å². The molecule has 2 unspecified atom stereocenters. The van der Waals surface area contributed by atoms with Gasteiger partial charge in [-0.25, -0.2) is 4.57 Å². The number of esters is 2. The van der Waals surface area contributed by atoms with E-state index >= 15 is 0 Å². The average Bonchev–Trinajstić information content (AvgIpc) is 2.67. The number of unbranched alkanes of at least 4 members (excludes halogenated alkanes) is 6. The SMILES string of the molecule is CCCCCCCCCC(=O)OC(COC(=O)CC)COP(=O)(O)OCCN. The number of hydrogen-bond donors (Lipinski definition) is 2. The molecule has 0 aromatic rings. The number of hydrogen-bond acceptors (Lipinski definition) is 8. The first kappa shape index (κ1) is 27.0. The van der Waals surface area contributed by atoms with E-state index in [1.54, 1.807) is 6.92 Å². The third-order valence-corrected chi connectivity index (χ3v) is 4.78. The third-order valence-electron chi connectivity index (χ3n) is 3.80. The molecule has 0 fully saturated rings. The predicted molar refractivity (Wildman–Crippen MR) is 105 cm³/mol. The summed E-state index contributed by atoms with van der Waals surface area (Å²) in [6.07, 6.45) is 6.88. The molecule has 0 aromatic carbocycles. The molecule has 0 bridgehead atoms. The molecule has 0 radical (unpaired) electrons. The molecule has 0 spiro atoms. The molecular formula is C18H36NO8P. The smallest absolute Gasteiger partial charge is 0.462 e. The number of nitrogens with two attached hydrogens (primary N) is 1. The van der Waals surface area contributed by atoms with Gasteiger partial charge in [0, 0.05) is 19.4 Å². The van der Waals surface area contributed by atoms with Crippen LogP contribution in [-0.4, -0.2) is 49.3 Å². The second kappa shape index (κ2) is 16.9. The van der Waals surface area contributed by atoms with E-state index in [4.69, 9.17) is 19.7 Å². The van der Waals surface area contributed by atoms with Crippen molar-refractivity contribution in [1.29, 1.82) is 0 Å². The highest BCUT2D eigenvalue weighted by atomic mass is 31.2. The van der Waals surface area contributed by atoms with Gasteiger partial charge in [-0.3, -0.25) is 18.6 Å². The maximum Gasteiger partial charge on any atom is 0.472 e. The van der Waals surface area contributed by atoms with E-state index in [1.807, 2.05) is 0 Å². The van der Waals surface area contributed by atoms with Crippen LogP contribution in [0.2, 0.25) is 0 Å². The van der Waals surface area contributed by atoms with Crippen LogP contribution < -0.4 is 5.73 Å². The summed E-state index contributed by atoms with van der Waals surface area (Å²) in [6.45, 7) is 3.00. The molecule has 10 heteroatoms. The van der Waals surface area contributed by atoms with E-state index in [-0.39, 0.29) is 32.6 Å². The summed E-state index contributed by atoms with van der Waals surface area (Å²) < 4.78 is 31.3. The van der Waals surface area contributed by atoms with Gasteiger partial charge in [0.1, 0.15) is 6.61 Å². The lowest BCUT2D eigenvalue weighted by Crippen LogP contribution is -2.29. The molecule has 0 saturated carbocycles. The molecule has 0 aliphatic rings. The summed E-state index contributed by atoms with van der Waals surface area (Å²) in [5, 5.41) is 0. The first-order valence-corrected chi connectivity index (χ1v) is 11.5. The van der Waals surface area contributed by atoms with Crippen LogP contribution in [0.4, 0.5) is 0 Å². The molecule has 0 aliphatic heterocycles. The number of carbonyl (C=O) groups is 2. The first-order valence-electron chi connectivity index (χ1n) is 10.0. The van der Waals surface area contributed by atoms with Crippen molar-refractivity contribution < 1.29 is 37.6 Å². The molecule has 3 N–H and O–H groups in total. The van der Waals surface area contributed by atoms with Gasteiger partial charge in [-0.05, 0) is 6.42 Å². The topological polar surface area (TPSA) is 134 Å². The van der Waals surface area contributed by atoms with Gasteiger partial charge >= 0.3 is 19.8 Å². The van der Waals surface area contributed by atoms with Gasteiger partial charge in [-0.15, -0.1) is 0 Å². The van der Waals surface area contributed by atoms with Crippen molar-refractivity contribution in [3.63, 3.8) is 0 Å². The predicted octanol–water partition coefficient (Wildman–Crippen LogP) is 3.08. The molecule has 0 amide bonds. The van der Waals surface area contributed by atoms with Gasteiger partial charge in [0.25, 0.3) is 0 Å². The van der Waals surface area contributed by atoms with Crippen LogP contribution in [0, 0.1) is 0 Å². The molecule has 0 heterocycles. The lowest BCUT2D eigenvalue weighted by atomic mass is 10.1. The Kier molecular flexibility index (Phi) is 16.3. The summed E-state index contributed by atoms with van der Waals surface area (Å²) in [4.78, 5) is 32.8. The van der Waals surface area contributed by atoms with Crippen molar-refractivity contribution in [3.05, 3.63) is 0 Å². The second-order valence-electron chi connectivity index (χ2n) is 6.41. The lowest BCUT2D eigenvalue weighted by Gasteiger charge is -2.19. The molecule has 0 aromatic heterocycles. The first-order chi connectivity index (χ1) is 13.3. The van der Waals surface area contributed by atoms with E-state index in [9.17, 15) is 19.0 Å². The van der Waals surface area contributed by atoms with Gasteiger partial charge in [-0.1, -0.05) is 52.4 Å². The molecule has 0 rings (SSSR count). The Morgan fingerprint density at radius 1 is 0.964 bits per heavy atom. The number of carbonyl (C=O) groups excluding carboxylic acids is 2. The van der Waals surface area contributed by atoms with Gasteiger partial charge in [-0.2, -0.15) is 0 Å². The van der Waals surface area contributed by atoms with Crippen LogP contribution >= 0.6 is 7.82 Å². The highest BCUT2D eigenvalue weighted by molar-refractivity contribution is 7.47. The van der Waals surface area contributed by atoms with Crippen LogP contribution in [0.3, 0.4) is 0 Å². The summed E-state index contributed by atoms with van der Waals surface area (Å²) >= 11 is 0. The molecule has 0 saturated heterocycles. The minimum absolute atomic E-state index is 0.0544. The Morgan fingerprint density at radius 2 is 1.61 bits per heavy atom. The zero-order chi connectivity index (χ0) is 21.3. The Hall–Kier alpha value is -0.990. The van der Waals surface area contributed by atoms with Gasteiger partial charge in [0.15, 0.2) is 6.10 Å². The van der Waals surface area contributed by atoms with E-state index in [2.05, 4.69) is 11.4 Å². The minimum atomic E-state index is -4.31. The molecule has 166 valence electrons. The number of phosphoric ester groups is 1. The fraction of sp³-hybridized carbons (Fsp3) is 0.889. The fourth-order valence-electron chi connectivity index (χ4n) is 2.26. The van der Waals surface area contributed by atoms with Gasteiger partial charge in [0.2, 0.25) is 0 Å². The summed E-state index contributed by atoms with van der Waals surface area (Å²) in [5.41, 5.74) is 5.21. The minimum Gasteiger partial charge on any atom is -0.462 e. The maximum absolute atomic E-state index is 12.0. The van der Waals surface area contributed by atoms with E-state index in [0.29, 0.717) is 6.42 Å². The van der Waals surface area contributed by atoms with Crippen molar-refractivity contribution in [2.75, 3.05) is 26.4 Å². The molecule has 28 heavy (non-hydrogen) atoms. The second-order valence-corrected chi connectivity index (χ2v) is 7.86. The molecule has 0 aliphatic carbocycles. The quantitative estimate of drug-likeness (QED) is 0.193. The number of phosphoric acid groups is 1. The van der Waals surface area contributed by atoms with E-state index in [1.165, 1.54) is 19.3 Å². The van der Waals surface area contributed by atoms with E-state index < -0.39 is 32.5 Å². The lowest BCUT2D eigenvalue weighted by molar-refractivity contribution is -0.161. The van der Waals surface area contributed by atoms with Crippen LogP contribution in [0.15, 0.2) is 0 Å². The molecular weight excluding hydrogens is 389 g/mol. The normalized spacial score (nSPS) is 14.3. The third kappa shape index (κ3) is 16.0. The maximum atomic E-state index is 12.0. The fourth-order valence-corrected chi connectivity index (χ4v) is 3.02. The van der Waals surface area contributed by atoms with Crippen LogP contribution in [0.25, 0.3) is 0 Å². The molecule has 2 atom stereocenters. The zero-order valence-corrected chi connectivity index (χ0v) is 18.0. The Morgan fingerprint density at radius 3 is 2.21 bits per heavy atom. The van der Waals surface area contributed by atoms with Crippen molar-refractivity contribution in [2.24, 2.45) is 5.73 Å². The van der Waals surface area contributed by atoms with Crippen molar-refractivity contribution in [1.82, 2.24) is 0 Å². The van der Waals surface area contributed by atoms with Crippen LogP contribution in [0.1, 0.15) is 71.6 Å². The Labute approximate surface area is 167 Å². The number of ether oxygens (including phenoxy) is 2.